The van der Waals surface area contributed by atoms with Crippen LogP contribution in [0.5, 0.6) is 0 Å². The lowest BCUT2D eigenvalue weighted by Gasteiger charge is -2.13. The lowest BCUT2D eigenvalue weighted by atomic mass is 9.97. The average Bonchev–Trinajstić information content (AvgIpc) is 2.54. The SMILES string of the molecule is NC(=O)CN1CC(=O)C(c2ccccc2)C1=O. The highest BCUT2D eigenvalue weighted by Gasteiger charge is 2.40. The Hall–Kier alpha value is -2.17. The predicted molar refractivity (Wildman–Crippen MR) is 60.0 cm³/mol. The van der Waals surface area contributed by atoms with Crippen LogP contribution in [0, 0.1) is 0 Å². The summed E-state index contributed by atoms with van der Waals surface area (Å²) in [6, 6.07) is 8.82. The topological polar surface area (TPSA) is 80.5 Å². The summed E-state index contributed by atoms with van der Waals surface area (Å²) in [5, 5.41) is 0. The number of carbonyl (C=O) groups excluding carboxylic acids is 3. The molecule has 1 aromatic carbocycles. The van der Waals surface area contributed by atoms with E-state index < -0.39 is 11.8 Å². The van der Waals surface area contributed by atoms with Crippen LogP contribution < -0.4 is 5.73 Å². The highest BCUT2D eigenvalue weighted by molar-refractivity contribution is 6.13. The molecule has 17 heavy (non-hydrogen) atoms. The Kier molecular flexibility index (Phi) is 2.91. The number of likely N-dealkylation sites (tertiary alicyclic amines) is 1. The quantitative estimate of drug-likeness (QED) is 0.724. The molecule has 1 aliphatic heterocycles. The molecular formula is C12H12N2O3. The van der Waals surface area contributed by atoms with Gasteiger partial charge in [0.2, 0.25) is 11.8 Å². The van der Waals surface area contributed by atoms with Crippen LogP contribution in [0.15, 0.2) is 30.3 Å². The number of Topliss-reactive ketones (excluding diaryl/α,β-unsaturated/α-hetero) is 1. The van der Waals surface area contributed by atoms with Gasteiger partial charge in [-0.3, -0.25) is 14.4 Å². The second-order valence-corrected chi connectivity index (χ2v) is 3.97. The first kappa shape index (κ1) is 11.3. The molecule has 1 fully saturated rings. The minimum Gasteiger partial charge on any atom is -0.368 e. The largest absolute Gasteiger partial charge is 0.368 e. The number of nitrogens with zero attached hydrogens (tertiary/aromatic N) is 1. The van der Waals surface area contributed by atoms with E-state index in [2.05, 4.69) is 0 Å². The number of rotatable bonds is 3. The summed E-state index contributed by atoms with van der Waals surface area (Å²) in [7, 11) is 0. The highest BCUT2D eigenvalue weighted by Crippen LogP contribution is 2.25. The molecule has 5 heteroatoms. The lowest BCUT2D eigenvalue weighted by Crippen LogP contribution is -2.35. The molecule has 1 aromatic rings. The molecule has 1 atom stereocenters. The van der Waals surface area contributed by atoms with Crippen molar-refractivity contribution in [3.63, 3.8) is 0 Å². The summed E-state index contributed by atoms with van der Waals surface area (Å²) in [6.45, 7) is -0.241. The van der Waals surface area contributed by atoms with Crippen LogP contribution in [0.1, 0.15) is 11.5 Å². The van der Waals surface area contributed by atoms with Crippen LogP contribution in [-0.2, 0) is 14.4 Å². The number of ketones is 1. The van der Waals surface area contributed by atoms with Gasteiger partial charge in [-0.2, -0.15) is 0 Å². The number of amides is 2. The van der Waals surface area contributed by atoms with Crippen LogP contribution in [-0.4, -0.2) is 35.6 Å². The smallest absolute Gasteiger partial charge is 0.238 e. The monoisotopic (exact) mass is 232 g/mol. The van der Waals surface area contributed by atoms with Crippen molar-refractivity contribution in [2.24, 2.45) is 5.73 Å². The van der Waals surface area contributed by atoms with E-state index in [9.17, 15) is 14.4 Å². The molecular weight excluding hydrogens is 220 g/mol. The number of carbonyl (C=O) groups is 3. The molecule has 2 rings (SSSR count). The molecule has 2 amide bonds. The predicted octanol–water partition coefficient (Wildman–Crippen LogP) is -0.333. The fraction of sp³-hybridized carbons (Fsp3) is 0.250. The maximum absolute atomic E-state index is 11.9. The molecule has 1 saturated heterocycles. The van der Waals surface area contributed by atoms with E-state index in [0.29, 0.717) is 5.56 Å². The maximum atomic E-state index is 11.9. The van der Waals surface area contributed by atoms with Crippen LogP contribution in [0.3, 0.4) is 0 Å². The first-order chi connectivity index (χ1) is 8.09. The highest BCUT2D eigenvalue weighted by atomic mass is 16.2. The second-order valence-electron chi connectivity index (χ2n) is 3.97. The van der Waals surface area contributed by atoms with Crippen molar-refractivity contribution >= 4 is 17.6 Å². The molecule has 2 N–H and O–H groups in total. The molecule has 0 bridgehead atoms. The molecule has 0 aromatic heterocycles. The molecule has 0 aliphatic carbocycles. The van der Waals surface area contributed by atoms with Crippen molar-refractivity contribution in [2.45, 2.75) is 5.92 Å². The van der Waals surface area contributed by atoms with Crippen molar-refractivity contribution in [2.75, 3.05) is 13.1 Å². The Bertz CT molecular complexity index is 470. The van der Waals surface area contributed by atoms with Gasteiger partial charge >= 0.3 is 0 Å². The summed E-state index contributed by atoms with van der Waals surface area (Å²) in [4.78, 5) is 35.7. The summed E-state index contributed by atoms with van der Waals surface area (Å²) >= 11 is 0. The van der Waals surface area contributed by atoms with Gasteiger partial charge < -0.3 is 10.6 Å². The van der Waals surface area contributed by atoms with Crippen molar-refractivity contribution in [1.29, 1.82) is 0 Å². The number of nitrogens with two attached hydrogens (primary N) is 1. The summed E-state index contributed by atoms with van der Waals surface area (Å²) in [5.41, 5.74) is 5.68. The molecule has 1 aliphatic rings. The normalized spacial score (nSPS) is 19.8. The van der Waals surface area contributed by atoms with Gasteiger partial charge in [-0.1, -0.05) is 30.3 Å². The van der Waals surface area contributed by atoms with Crippen LogP contribution in [0.2, 0.25) is 0 Å². The molecule has 0 radical (unpaired) electrons. The van der Waals surface area contributed by atoms with E-state index in [0.717, 1.165) is 0 Å². The molecule has 0 spiro atoms. The fourth-order valence-electron chi connectivity index (χ4n) is 1.97. The third-order valence-corrected chi connectivity index (χ3v) is 2.71. The molecule has 1 heterocycles. The molecule has 88 valence electrons. The van der Waals surface area contributed by atoms with Gasteiger partial charge in [0.15, 0.2) is 5.78 Å². The van der Waals surface area contributed by atoms with Gasteiger partial charge in [0, 0.05) is 0 Å². The Balaban J connectivity index is 2.23. The fourth-order valence-corrected chi connectivity index (χ4v) is 1.97. The van der Waals surface area contributed by atoms with Crippen molar-refractivity contribution in [3.05, 3.63) is 35.9 Å². The van der Waals surface area contributed by atoms with E-state index in [1.807, 2.05) is 6.07 Å². The molecule has 5 nitrogen and oxygen atoms in total. The number of hydrogen-bond acceptors (Lipinski definition) is 3. The third kappa shape index (κ3) is 2.18. The lowest BCUT2D eigenvalue weighted by molar-refractivity contribution is -0.133. The van der Waals surface area contributed by atoms with Crippen molar-refractivity contribution in [1.82, 2.24) is 4.90 Å². The zero-order valence-electron chi connectivity index (χ0n) is 9.13. The number of primary amides is 1. The summed E-state index contributed by atoms with van der Waals surface area (Å²) in [5.74, 6) is -1.93. The Morgan fingerprint density at radius 2 is 1.94 bits per heavy atom. The standard InChI is InChI=1S/C12H12N2O3/c13-10(16)7-14-6-9(15)11(12(14)17)8-4-2-1-3-5-8/h1-5,11H,6-7H2,(H2,13,16). The third-order valence-electron chi connectivity index (χ3n) is 2.71. The summed E-state index contributed by atoms with van der Waals surface area (Å²) in [6.07, 6.45) is 0. The van der Waals surface area contributed by atoms with Crippen molar-refractivity contribution < 1.29 is 14.4 Å². The Morgan fingerprint density at radius 3 is 2.53 bits per heavy atom. The van der Waals surface area contributed by atoms with Gasteiger partial charge in [0.25, 0.3) is 0 Å². The van der Waals surface area contributed by atoms with Gasteiger partial charge in [0.1, 0.15) is 5.92 Å². The number of hydrogen-bond donors (Lipinski definition) is 1. The first-order valence-corrected chi connectivity index (χ1v) is 5.24. The van der Waals surface area contributed by atoms with Gasteiger partial charge in [-0.15, -0.1) is 0 Å². The van der Waals surface area contributed by atoms with Gasteiger partial charge in [-0.05, 0) is 5.56 Å². The zero-order valence-corrected chi connectivity index (χ0v) is 9.13. The van der Waals surface area contributed by atoms with Gasteiger partial charge in [-0.25, -0.2) is 0 Å². The minimum atomic E-state index is -0.782. The van der Waals surface area contributed by atoms with E-state index in [1.54, 1.807) is 24.3 Å². The van der Waals surface area contributed by atoms with E-state index >= 15 is 0 Å². The average molecular weight is 232 g/mol. The number of benzene rings is 1. The van der Waals surface area contributed by atoms with Gasteiger partial charge in [0.05, 0.1) is 13.1 Å². The zero-order chi connectivity index (χ0) is 12.4. The van der Waals surface area contributed by atoms with Crippen LogP contribution in [0.4, 0.5) is 0 Å². The van der Waals surface area contributed by atoms with Crippen LogP contribution >= 0.6 is 0 Å². The van der Waals surface area contributed by atoms with E-state index in [-0.39, 0.29) is 24.8 Å². The molecule has 0 saturated carbocycles. The first-order valence-electron chi connectivity index (χ1n) is 5.24. The summed E-state index contributed by atoms with van der Waals surface area (Å²) < 4.78 is 0. The minimum absolute atomic E-state index is 0.0403. The van der Waals surface area contributed by atoms with E-state index in [1.165, 1.54) is 4.90 Å². The van der Waals surface area contributed by atoms with E-state index in [4.69, 9.17) is 5.73 Å². The second kappa shape index (κ2) is 4.37. The van der Waals surface area contributed by atoms with Crippen LogP contribution in [0.25, 0.3) is 0 Å². The maximum Gasteiger partial charge on any atom is 0.238 e. The Labute approximate surface area is 98.2 Å². The Morgan fingerprint density at radius 1 is 1.29 bits per heavy atom. The molecule has 1 unspecified atom stereocenters. The van der Waals surface area contributed by atoms with Crippen molar-refractivity contribution in [3.8, 4) is 0 Å².